The second-order valence-corrected chi connectivity index (χ2v) is 2.19. The van der Waals surface area contributed by atoms with E-state index in [1.165, 1.54) is 0 Å². The number of guanidine groups is 1. The summed E-state index contributed by atoms with van der Waals surface area (Å²) in [6.07, 6.45) is 1.11. The quantitative estimate of drug-likeness (QED) is 0.526. The Morgan fingerprint density at radius 2 is 2.56 bits per heavy atom. The second kappa shape index (κ2) is 2.71. The highest BCUT2D eigenvalue weighted by Gasteiger charge is 2.11. The van der Waals surface area contributed by atoms with Crippen molar-refractivity contribution in [3.05, 3.63) is 0 Å². The lowest BCUT2D eigenvalue weighted by molar-refractivity contribution is 0.450. The van der Waals surface area contributed by atoms with Gasteiger partial charge in [0.25, 0.3) is 0 Å². The number of rotatable bonds is 2. The largest absolute Gasteiger partial charge is 0.340 e. The average molecular weight is 126 g/mol. The van der Waals surface area contributed by atoms with Crippen LogP contribution >= 0.6 is 0 Å². The second-order valence-electron chi connectivity index (χ2n) is 2.19. The maximum atomic E-state index is 7.27. The maximum Gasteiger partial charge on any atom is 0.213 e. The fraction of sp³-hybridized carbons (Fsp3) is 0.833. The zero-order chi connectivity index (χ0) is 6.69. The van der Waals surface area contributed by atoms with Crippen molar-refractivity contribution < 1.29 is 0 Å². The van der Waals surface area contributed by atoms with Gasteiger partial charge in [0, 0.05) is 13.1 Å². The van der Waals surface area contributed by atoms with E-state index in [1.54, 1.807) is 0 Å². The van der Waals surface area contributed by atoms with Crippen molar-refractivity contribution in [1.82, 2.24) is 10.6 Å². The SMILES string of the molecule is CCCN1CCN=C1[NH]. The van der Waals surface area contributed by atoms with E-state index in [9.17, 15) is 0 Å². The molecule has 1 N–H and O–H groups in total. The lowest BCUT2D eigenvalue weighted by atomic mass is 10.4. The molecule has 1 aliphatic rings. The van der Waals surface area contributed by atoms with E-state index >= 15 is 0 Å². The molecular weight excluding hydrogens is 114 g/mol. The monoisotopic (exact) mass is 126 g/mol. The van der Waals surface area contributed by atoms with Gasteiger partial charge in [-0.3, -0.25) is 5.73 Å². The Bertz CT molecular complexity index is 119. The van der Waals surface area contributed by atoms with Crippen molar-refractivity contribution in [3.63, 3.8) is 0 Å². The number of hydrogen-bond acceptors (Lipinski definition) is 2. The zero-order valence-corrected chi connectivity index (χ0v) is 5.72. The first-order chi connectivity index (χ1) is 4.34. The first kappa shape index (κ1) is 6.39. The van der Waals surface area contributed by atoms with E-state index in [1.807, 2.05) is 4.90 Å². The van der Waals surface area contributed by atoms with Crippen LogP contribution < -0.4 is 5.73 Å². The number of nitrogens with one attached hydrogen (secondary N) is 1. The van der Waals surface area contributed by atoms with E-state index in [2.05, 4.69) is 11.9 Å². The average Bonchev–Trinajstić information content (AvgIpc) is 2.18. The lowest BCUT2D eigenvalue weighted by Crippen LogP contribution is -2.28. The van der Waals surface area contributed by atoms with Crippen molar-refractivity contribution in [2.45, 2.75) is 13.3 Å². The van der Waals surface area contributed by atoms with Crippen molar-refractivity contribution in [1.29, 1.82) is 0 Å². The van der Waals surface area contributed by atoms with E-state index in [4.69, 9.17) is 5.73 Å². The first-order valence-corrected chi connectivity index (χ1v) is 3.35. The van der Waals surface area contributed by atoms with Crippen LogP contribution in [0.1, 0.15) is 13.3 Å². The topological polar surface area (TPSA) is 39.4 Å². The molecule has 0 fully saturated rings. The fourth-order valence-corrected chi connectivity index (χ4v) is 0.970. The summed E-state index contributed by atoms with van der Waals surface area (Å²) in [6.45, 7) is 4.87. The van der Waals surface area contributed by atoms with Gasteiger partial charge in [-0.2, -0.15) is 0 Å². The van der Waals surface area contributed by atoms with Gasteiger partial charge < -0.3 is 4.90 Å². The van der Waals surface area contributed by atoms with Gasteiger partial charge in [-0.15, -0.1) is 0 Å². The molecule has 3 nitrogen and oxygen atoms in total. The molecular formula is C6H12N3. The minimum atomic E-state index is 0.469. The Morgan fingerprint density at radius 1 is 1.78 bits per heavy atom. The van der Waals surface area contributed by atoms with Crippen LogP contribution in [0.5, 0.6) is 0 Å². The molecule has 0 aliphatic carbocycles. The Labute approximate surface area is 55.6 Å². The molecule has 0 aromatic rings. The van der Waals surface area contributed by atoms with Gasteiger partial charge in [0.2, 0.25) is 5.96 Å². The molecule has 51 valence electrons. The fourth-order valence-electron chi connectivity index (χ4n) is 0.970. The summed E-state index contributed by atoms with van der Waals surface area (Å²) in [6, 6.07) is 0. The molecule has 0 spiro atoms. The molecule has 0 amide bonds. The van der Waals surface area contributed by atoms with E-state index < -0.39 is 0 Å². The van der Waals surface area contributed by atoms with Gasteiger partial charge in [-0.25, -0.2) is 4.99 Å². The normalized spacial score (nSPS) is 18.3. The van der Waals surface area contributed by atoms with Gasteiger partial charge in [-0.05, 0) is 6.42 Å². The number of hydrogen-bond donors (Lipinski definition) is 0. The van der Waals surface area contributed by atoms with Crippen LogP contribution in [0.2, 0.25) is 0 Å². The van der Waals surface area contributed by atoms with Crippen LogP contribution in [0.15, 0.2) is 4.99 Å². The molecule has 1 aliphatic heterocycles. The molecule has 1 heterocycles. The molecule has 3 heteroatoms. The molecule has 0 atom stereocenters. The Balaban J connectivity index is 2.34. The third kappa shape index (κ3) is 1.34. The molecule has 9 heavy (non-hydrogen) atoms. The highest BCUT2D eigenvalue weighted by molar-refractivity contribution is 5.78. The van der Waals surface area contributed by atoms with Gasteiger partial charge in [-0.1, -0.05) is 6.92 Å². The van der Waals surface area contributed by atoms with Crippen LogP contribution in [0.4, 0.5) is 0 Å². The summed E-state index contributed by atoms with van der Waals surface area (Å²) in [5, 5.41) is 0. The van der Waals surface area contributed by atoms with Crippen LogP contribution in [0.25, 0.3) is 0 Å². The van der Waals surface area contributed by atoms with Crippen molar-refractivity contribution in [2.75, 3.05) is 19.6 Å². The summed E-state index contributed by atoms with van der Waals surface area (Å²) in [7, 11) is 0. The highest BCUT2D eigenvalue weighted by Crippen LogP contribution is 1.98. The summed E-state index contributed by atoms with van der Waals surface area (Å²) in [4.78, 5) is 5.95. The molecule has 0 aromatic heterocycles. The molecule has 1 radical (unpaired) electrons. The smallest absolute Gasteiger partial charge is 0.213 e. The molecule has 0 aromatic carbocycles. The van der Waals surface area contributed by atoms with E-state index in [0.717, 1.165) is 26.1 Å². The van der Waals surface area contributed by atoms with Gasteiger partial charge in [0.15, 0.2) is 0 Å². The van der Waals surface area contributed by atoms with Crippen LogP contribution in [0.3, 0.4) is 0 Å². The van der Waals surface area contributed by atoms with Crippen LogP contribution in [-0.4, -0.2) is 30.5 Å². The standard InChI is InChI=1S/C6H12N3/c1-2-4-9-5-3-8-6(9)7/h7H,2-5H2,1H3. The highest BCUT2D eigenvalue weighted by atomic mass is 15.3. The third-order valence-corrected chi connectivity index (χ3v) is 1.42. The Kier molecular flexibility index (Phi) is 1.92. The first-order valence-electron chi connectivity index (χ1n) is 3.35. The third-order valence-electron chi connectivity index (χ3n) is 1.42. The van der Waals surface area contributed by atoms with Gasteiger partial charge in [0.1, 0.15) is 0 Å². The lowest BCUT2D eigenvalue weighted by Gasteiger charge is -2.14. The predicted octanol–water partition coefficient (Wildman–Crippen LogP) is 0.351. The van der Waals surface area contributed by atoms with Crippen molar-refractivity contribution >= 4 is 5.96 Å². The predicted molar refractivity (Wildman–Crippen MR) is 37.3 cm³/mol. The van der Waals surface area contributed by atoms with E-state index in [0.29, 0.717) is 5.96 Å². The van der Waals surface area contributed by atoms with Gasteiger partial charge >= 0.3 is 0 Å². The van der Waals surface area contributed by atoms with Gasteiger partial charge in [0.05, 0.1) is 6.54 Å². The Hall–Kier alpha value is -0.730. The van der Waals surface area contributed by atoms with Crippen LogP contribution in [0, 0.1) is 0 Å². The minimum Gasteiger partial charge on any atom is -0.340 e. The summed E-state index contributed by atoms with van der Waals surface area (Å²) < 4.78 is 0. The summed E-state index contributed by atoms with van der Waals surface area (Å²) in [5.74, 6) is 0.469. The minimum absolute atomic E-state index is 0.469. The number of nitrogens with zero attached hydrogens (tertiary/aromatic N) is 2. The molecule has 0 bridgehead atoms. The summed E-state index contributed by atoms with van der Waals surface area (Å²) >= 11 is 0. The molecule has 1 rings (SSSR count). The molecule has 0 unspecified atom stereocenters. The zero-order valence-electron chi connectivity index (χ0n) is 5.72. The maximum absolute atomic E-state index is 7.27. The van der Waals surface area contributed by atoms with Crippen LogP contribution in [-0.2, 0) is 0 Å². The van der Waals surface area contributed by atoms with Crippen molar-refractivity contribution in [2.24, 2.45) is 4.99 Å². The Morgan fingerprint density at radius 3 is 3.00 bits per heavy atom. The summed E-state index contributed by atoms with van der Waals surface area (Å²) in [5.41, 5.74) is 7.27. The van der Waals surface area contributed by atoms with E-state index in [-0.39, 0.29) is 0 Å². The van der Waals surface area contributed by atoms with Crippen molar-refractivity contribution in [3.8, 4) is 0 Å². The molecule has 0 saturated heterocycles. The molecule has 0 saturated carbocycles. The number of aliphatic imine (C=N–C) groups is 1.